The summed E-state index contributed by atoms with van der Waals surface area (Å²) in [6, 6.07) is 0. The number of hydrogen-bond acceptors (Lipinski definition) is 5. The van der Waals surface area contributed by atoms with Crippen molar-refractivity contribution in [3.05, 3.63) is 11.6 Å². The number of tetrazole rings is 1. The lowest BCUT2D eigenvalue weighted by Crippen LogP contribution is -2.16. The Kier molecular flexibility index (Phi) is 4.62. The first-order chi connectivity index (χ1) is 7.90. The molecule has 2 rings (SSSR count). The first-order valence-electron chi connectivity index (χ1n) is 5.16. The van der Waals surface area contributed by atoms with Gasteiger partial charge in [-0.05, 0) is 23.3 Å². The molecule has 1 aliphatic rings. The molecular weight excluding hydrogens is 248 g/mol. The monoisotopic (exact) mass is 260 g/mol. The third-order valence-electron chi connectivity index (χ3n) is 2.30. The summed E-state index contributed by atoms with van der Waals surface area (Å²) in [7, 11) is 0. The van der Waals surface area contributed by atoms with Gasteiger partial charge in [-0.3, -0.25) is 0 Å². The second kappa shape index (κ2) is 6.22. The summed E-state index contributed by atoms with van der Waals surface area (Å²) in [5.74, 6) is 0.773. The Morgan fingerprint density at radius 2 is 2.56 bits per heavy atom. The minimum Gasteiger partial charge on any atom is -0.376 e. The van der Waals surface area contributed by atoms with Gasteiger partial charge in [0.05, 0.1) is 12.6 Å². The van der Waals surface area contributed by atoms with E-state index in [0.29, 0.717) is 0 Å². The molecule has 1 atom stereocenters. The maximum Gasteiger partial charge on any atom is 0.209 e. The Hall–Kier alpha value is -0.590. The molecule has 0 aromatic carbocycles. The molecule has 16 heavy (non-hydrogen) atoms. The van der Waals surface area contributed by atoms with E-state index in [4.69, 9.17) is 16.3 Å². The Bertz CT molecular complexity index is 351. The number of hydrogen-bond donors (Lipinski definition) is 0. The van der Waals surface area contributed by atoms with Gasteiger partial charge in [-0.25, -0.2) is 4.68 Å². The molecule has 1 unspecified atom stereocenters. The first kappa shape index (κ1) is 11.9. The summed E-state index contributed by atoms with van der Waals surface area (Å²) in [4.78, 5) is 0. The third-order valence-corrected chi connectivity index (χ3v) is 3.39. The van der Waals surface area contributed by atoms with E-state index in [1.54, 1.807) is 16.4 Å². The molecule has 0 bridgehead atoms. The molecule has 0 aliphatic carbocycles. The van der Waals surface area contributed by atoms with Crippen LogP contribution in [0.1, 0.15) is 12.8 Å². The number of rotatable bonds is 5. The third kappa shape index (κ3) is 3.20. The van der Waals surface area contributed by atoms with E-state index in [0.717, 1.165) is 36.9 Å². The molecule has 0 radical (unpaired) electrons. The fourth-order valence-corrected chi connectivity index (χ4v) is 2.45. The van der Waals surface area contributed by atoms with Crippen LogP contribution in [0.4, 0.5) is 0 Å². The zero-order valence-electron chi connectivity index (χ0n) is 8.75. The van der Waals surface area contributed by atoms with Gasteiger partial charge in [-0.1, -0.05) is 29.4 Å². The molecule has 88 valence electrons. The molecule has 0 spiro atoms. The van der Waals surface area contributed by atoms with Crippen molar-refractivity contribution in [3.8, 4) is 0 Å². The van der Waals surface area contributed by atoms with Crippen molar-refractivity contribution in [2.75, 3.05) is 12.4 Å². The lowest BCUT2D eigenvalue weighted by Gasteiger charge is -2.09. The Morgan fingerprint density at radius 1 is 1.62 bits per heavy atom. The smallest absolute Gasteiger partial charge is 0.209 e. The Morgan fingerprint density at radius 3 is 3.31 bits per heavy atom. The maximum absolute atomic E-state index is 5.55. The molecule has 0 amide bonds. The van der Waals surface area contributed by atoms with Crippen molar-refractivity contribution in [2.24, 2.45) is 0 Å². The van der Waals surface area contributed by atoms with Crippen LogP contribution in [0.2, 0.25) is 0 Å². The highest BCUT2D eigenvalue weighted by molar-refractivity contribution is 7.99. The Labute approximate surface area is 103 Å². The van der Waals surface area contributed by atoms with Crippen LogP contribution in [0, 0.1) is 0 Å². The van der Waals surface area contributed by atoms with Gasteiger partial charge < -0.3 is 4.74 Å². The van der Waals surface area contributed by atoms with Crippen LogP contribution in [0.25, 0.3) is 0 Å². The minimum atomic E-state index is 0.256. The lowest BCUT2D eigenvalue weighted by atomic mass is 10.2. The molecule has 1 saturated heterocycles. The number of aromatic nitrogens is 4. The van der Waals surface area contributed by atoms with E-state index in [9.17, 15) is 0 Å². The van der Waals surface area contributed by atoms with E-state index in [1.807, 2.05) is 6.08 Å². The van der Waals surface area contributed by atoms with Crippen molar-refractivity contribution in [1.82, 2.24) is 20.2 Å². The molecule has 1 aromatic heterocycles. The summed E-state index contributed by atoms with van der Waals surface area (Å²) < 4.78 is 7.34. The van der Waals surface area contributed by atoms with Gasteiger partial charge in [0, 0.05) is 17.9 Å². The van der Waals surface area contributed by atoms with Gasteiger partial charge in [0.1, 0.15) is 0 Å². The van der Waals surface area contributed by atoms with Crippen molar-refractivity contribution >= 4 is 23.4 Å². The predicted octanol–water partition coefficient (Wildman–Crippen LogP) is 1.70. The van der Waals surface area contributed by atoms with Gasteiger partial charge in [-0.15, -0.1) is 5.10 Å². The van der Waals surface area contributed by atoms with Crippen LogP contribution in [0.15, 0.2) is 16.8 Å². The second-order valence-electron chi connectivity index (χ2n) is 3.45. The number of nitrogens with zero attached hydrogens (tertiary/aromatic N) is 4. The predicted molar refractivity (Wildman–Crippen MR) is 62.5 cm³/mol. The molecule has 0 N–H and O–H groups in total. The largest absolute Gasteiger partial charge is 0.376 e. The van der Waals surface area contributed by atoms with Crippen LogP contribution in [0.5, 0.6) is 0 Å². The van der Waals surface area contributed by atoms with Crippen LogP contribution >= 0.6 is 23.4 Å². The summed E-state index contributed by atoms with van der Waals surface area (Å²) in [6.45, 7) is 1.59. The molecule has 2 heterocycles. The SMILES string of the molecule is ClC=CCSc1nnnn1CC1CCCO1. The number of halogens is 1. The van der Waals surface area contributed by atoms with E-state index in [1.165, 1.54) is 5.54 Å². The second-order valence-corrected chi connectivity index (χ2v) is 4.69. The van der Waals surface area contributed by atoms with Crippen LogP contribution in [-0.2, 0) is 11.3 Å². The quantitative estimate of drug-likeness (QED) is 0.755. The molecule has 7 heteroatoms. The summed E-state index contributed by atoms with van der Waals surface area (Å²) >= 11 is 7.01. The highest BCUT2D eigenvalue weighted by atomic mass is 35.5. The van der Waals surface area contributed by atoms with Crippen molar-refractivity contribution < 1.29 is 4.74 Å². The molecule has 1 aromatic rings. The fraction of sp³-hybridized carbons (Fsp3) is 0.667. The van der Waals surface area contributed by atoms with E-state index in [2.05, 4.69) is 15.5 Å². The normalized spacial score (nSPS) is 20.9. The van der Waals surface area contributed by atoms with Gasteiger partial charge in [-0.2, -0.15) is 0 Å². The summed E-state index contributed by atoms with van der Waals surface area (Å²) in [5.41, 5.74) is 1.50. The molecule has 5 nitrogen and oxygen atoms in total. The number of ether oxygens (including phenoxy) is 1. The summed E-state index contributed by atoms with van der Waals surface area (Å²) in [5, 5.41) is 12.4. The zero-order chi connectivity index (χ0) is 11.2. The molecular formula is C9H13ClN4OS. The standard InChI is InChI=1S/C9H13ClN4OS/c10-4-2-6-16-9-11-12-13-14(9)7-8-3-1-5-15-8/h2,4,8H,1,3,5-7H2. The van der Waals surface area contributed by atoms with E-state index < -0.39 is 0 Å². The van der Waals surface area contributed by atoms with Crippen LogP contribution < -0.4 is 0 Å². The fourth-order valence-electron chi connectivity index (χ4n) is 1.55. The molecule has 0 saturated carbocycles. The zero-order valence-corrected chi connectivity index (χ0v) is 10.3. The Balaban J connectivity index is 1.90. The topological polar surface area (TPSA) is 52.8 Å². The minimum absolute atomic E-state index is 0.256. The first-order valence-corrected chi connectivity index (χ1v) is 6.58. The average Bonchev–Trinajstić information content (AvgIpc) is 2.92. The molecule has 1 fully saturated rings. The van der Waals surface area contributed by atoms with Gasteiger partial charge in [0.2, 0.25) is 5.16 Å². The van der Waals surface area contributed by atoms with E-state index in [-0.39, 0.29) is 6.10 Å². The van der Waals surface area contributed by atoms with Crippen molar-refractivity contribution in [1.29, 1.82) is 0 Å². The molecule has 1 aliphatic heterocycles. The number of thioether (sulfide) groups is 1. The average molecular weight is 261 g/mol. The van der Waals surface area contributed by atoms with Crippen LogP contribution in [0.3, 0.4) is 0 Å². The van der Waals surface area contributed by atoms with Crippen molar-refractivity contribution in [3.63, 3.8) is 0 Å². The lowest BCUT2D eigenvalue weighted by molar-refractivity contribution is 0.0912. The maximum atomic E-state index is 5.55. The van der Waals surface area contributed by atoms with E-state index >= 15 is 0 Å². The highest BCUT2D eigenvalue weighted by Crippen LogP contribution is 2.18. The highest BCUT2D eigenvalue weighted by Gasteiger charge is 2.18. The van der Waals surface area contributed by atoms with Crippen LogP contribution in [-0.4, -0.2) is 38.7 Å². The van der Waals surface area contributed by atoms with Gasteiger partial charge in [0.15, 0.2) is 0 Å². The van der Waals surface area contributed by atoms with Crippen molar-refractivity contribution in [2.45, 2.75) is 30.6 Å². The summed E-state index contributed by atoms with van der Waals surface area (Å²) in [6.07, 6.45) is 4.33. The van der Waals surface area contributed by atoms with Gasteiger partial charge >= 0.3 is 0 Å². The van der Waals surface area contributed by atoms with Gasteiger partial charge in [0.25, 0.3) is 0 Å².